The highest BCUT2D eigenvalue weighted by molar-refractivity contribution is 4.97. The normalized spacial score (nSPS) is 20.0. The monoisotopic (exact) mass is 275 g/mol. The maximum atomic E-state index is 4.29. The van der Waals surface area contributed by atoms with Crippen LogP contribution in [0.5, 0.6) is 0 Å². The SMILES string of the molecule is c1cc(CNC2CCCCCCCCCCC2)ncn1. The lowest BCUT2D eigenvalue weighted by Gasteiger charge is -2.19. The molecule has 0 saturated heterocycles. The van der Waals surface area contributed by atoms with Gasteiger partial charge in [-0.1, -0.05) is 57.8 Å². The van der Waals surface area contributed by atoms with Gasteiger partial charge in [0, 0.05) is 18.8 Å². The van der Waals surface area contributed by atoms with Gasteiger partial charge in [-0.2, -0.15) is 0 Å². The van der Waals surface area contributed by atoms with Gasteiger partial charge in [0.2, 0.25) is 0 Å². The molecule has 1 heterocycles. The van der Waals surface area contributed by atoms with Crippen LogP contribution < -0.4 is 5.32 Å². The molecule has 1 aromatic heterocycles. The summed E-state index contributed by atoms with van der Waals surface area (Å²) in [4.78, 5) is 8.26. The van der Waals surface area contributed by atoms with E-state index < -0.39 is 0 Å². The molecule has 112 valence electrons. The summed E-state index contributed by atoms with van der Waals surface area (Å²) >= 11 is 0. The molecule has 1 saturated carbocycles. The molecule has 0 radical (unpaired) electrons. The Morgan fingerprint density at radius 3 is 2.05 bits per heavy atom. The van der Waals surface area contributed by atoms with E-state index in [2.05, 4.69) is 15.3 Å². The van der Waals surface area contributed by atoms with Gasteiger partial charge >= 0.3 is 0 Å². The molecule has 0 aromatic carbocycles. The summed E-state index contributed by atoms with van der Waals surface area (Å²) in [5.41, 5.74) is 1.10. The van der Waals surface area contributed by atoms with E-state index in [0.717, 1.165) is 12.2 Å². The predicted molar refractivity (Wildman–Crippen MR) is 83.4 cm³/mol. The maximum absolute atomic E-state index is 4.29. The largest absolute Gasteiger partial charge is 0.308 e. The number of hydrogen-bond acceptors (Lipinski definition) is 3. The van der Waals surface area contributed by atoms with Crippen molar-refractivity contribution in [2.75, 3.05) is 0 Å². The Bertz CT molecular complexity index is 327. The Morgan fingerprint density at radius 2 is 1.50 bits per heavy atom. The van der Waals surface area contributed by atoms with Crippen LogP contribution in [0.3, 0.4) is 0 Å². The Kier molecular flexibility index (Phi) is 7.61. The van der Waals surface area contributed by atoms with Gasteiger partial charge in [0.15, 0.2) is 0 Å². The topological polar surface area (TPSA) is 37.8 Å². The highest BCUT2D eigenvalue weighted by Crippen LogP contribution is 2.17. The van der Waals surface area contributed by atoms with Crippen molar-refractivity contribution in [1.82, 2.24) is 15.3 Å². The van der Waals surface area contributed by atoms with Crippen molar-refractivity contribution in [3.05, 3.63) is 24.3 Å². The summed E-state index contributed by atoms with van der Waals surface area (Å²) < 4.78 is 0. The minimum Gasteiger partial charge on any atom is -0.308 e. The van der Waals surface area contributed by atoms with Crippen LogP contribution >= 0.6 is 0 Å². The number of aromatic nitrogens is 2. The molecule has 20 heavy (non-hydrogen) atoms. The fraction of sp³-hybridized carbons (Fsp3) is 0.765. The molecule has 0 unspecified atom stereocenters. The summed E-state index contributed by atoms with van der Waals surface area (Å²) in [5.74, 6) is 0. The van der Waals surface area contributed by atoms with Gasteiger partial charge in [-0.25, -0.2) is 9.97 Å². The van der Waals surface area contributed by atoms with E-state index in [1.165, 1.54) is 70.6 Å². The summed E-state index contributed by atoms with van der Waals surface area (Å²) in [6.07, 6.45) is 18.9. The van der Waals surface area contributed by atoms with Crippen molar-refractivity contribution < 1.29 is 0 Å². The lowest BCUT2D eigenvalue weighted by atomic mass is 9.98. The van der Waals surface area contributed by atoms with Gasteiger partial charge in [-0.05, 0) is 18.9 Å². The molecule has 3 nitrogen and oxygen atoms in total. The molecule has 2 rings (SSSR count). The first-order valence-corrected chi connectivity index (χ1v) is 8.43. The molecule has 1 aliphatic rings. The third-order valence-corrected chi connectivity index (χ3v) is 4.32. The molecule has 1 N–H and O–H groups in total. The molecule has 0 amide bonds. The molecule has 0 spiro atoms. The standard InChI is InChI=1S/C17H29N3/c1-2-4-6-8-10-16(11-9-7-5-3-1)19-14-17-12-13-18-15-20-17/h12-13,15-16,19H,1-11,14H2. The summed E-state index contributed by atoms with van der Waals surface area (Å²) in [6, 6.07) is 2.67. The first-order valence-electron chi connectivity index (χ1n) is 8.43. The summed E-state index contributed by atoms with van der Waals surface area (Å²) in [6.45, 7) is 0.882. The first-order chi connectivity index (χ1) is 9.95. The zero-order chi connectivity index (χ0) is 13.9. The molecule has 1 aromatic rings. The van der Waals surface area contributed by atoms with Crippen LogP contribution in [-0.2, 0) is 6.54 Å². The van der Waals surface area contributed by atoms with Crippen molar-refractivity contribution in [3.63, 3.8) is 0 Å². The third-order valence-electron chi connectivity index (χ3n) is 4.32. The van der Waals surface area contributed by atoms with Gasteiger partial charge in [-0.3, -0.25) is 0 Å². The van der Waals surface area contributed by atoms with Gasteiger partial charge < -0.3 is 5.32 Å². The Balaban J connectivity index is 1.74. The van der Waals surface area contributed by atoms with Gasteiger partial charge in [-0.15, -0.1) is 0 Å². The van der Waals surface area contributed by atoms with Crippen molar-refractivity contribution in [2.45, 2.75) is 83.2 Å². The highest BCUT2D eigenvalue weighted by Gasteiger charge is 2.09. The van der Waals surface area contributed by atoms with Crippen LogP contribution in [0.25, 0.3) is 0 Å². The second-order valence-corrected chi connectivity index (χ2v) is 6.04. The van der Waals surface area contributed by atoms with Crippen LogP contribution in [0.2, 0.25) is 0 Å². The van der Waals surface area contributed by atoms with Gasteiger partial charge in [0.25, 0.3) is 0 Å². The third kappa shape index (κ3) is 6.47. The maximum Gasteiger partial charge on any atom is 0.115 e. The van der Waals surface area contributed by atoms with Crippen molar-refractivity contribution in [3.8, 4) is 0 Å². The zero-order valence-corrected chi connectivity index (χ0v) is 12.7. The molecule has 3 heteroatoms. The molecular formula is C17H29N3. The molecule has 0 atom stereocenters. The quantitative estimate of drug-likeness (QED) is 0.896. The number of nitrogens with zero attached hydrogens (tertiary/aromatic N) is 2. The first kappa shape index (κ1) is 15.4. The Hall–Kier alpha value is -0.960. The lowest BCUT2D eigenvalue weighted by molar-refractivity contribution is 0.401. The average molecular weight is 275 g/mol. The summed E-state index contributed by atoms with van der Waals surface area (Å²) in [5, 5.41) is 3.70. The number of hydrogen-bond donors (Lipinski definition) is 1. The van der Waals surface area contributed by atoms with Crippen LogP contribution in [0, 0.1) is 0 Å². The molecule has 0 bridgehead atoms. The minimum atomic E-state index is 0.671. The number of nitrogens with one attached hydrogen (secondary N) is 1. The van der Waals surface area contributed by atoms with Crippen molar-refractivity contribution >= 4 is 0 Å². The Morgan fingerprint density at radius 1 is 0.900 bits per heavy atom. The van der Waals surface area contributed by atoms with Gasteiger partial charge in [0.1, 0.15) is 6.33 Å². The minimum absolute atomic E-state index is 0.671. The van der Waals surface area contributed by atoms with E-state index in [4.69, 9.17) is 0 Å². The molecular weight excluding hydrogens is 246 g/mol. The van der Waals surface area contributed by atoms with Crippen molar-refractivity contribution in [1.29, 1.82) is 0 Å². The highest BCUT2D eigenvalue weighted by atomic mass is 14.9. The smallest absolute Gasteiger partial charge is 0.115 e. The fourth-order valence-electron chi connectivity index (χ4n) is 3.04. The van der Waals surface area contributed by atoms with E-state index in [0.29, 0.717) is 6.04 Å². The van der Waals surface area contributed by atoms with E-state index in [1.54, 1.807) is 6.33 Å². The van der Waals surface area contributed by atoms with E-state index >= 15 is 0 Å². The Labute approximate surface area is 123 Å². The summed E-state index contributed by atoms with van der Waals surface area (Å²) in [7, 11) is 0. The molecule has 0 aliphatic heterocycles. The predicted octanol–water partition coefficient (Wildman–Crippen LogP) is 4.24. The van der Waals surface area contributed by atoms with Crippen LogP contribution in [0.1, 0.15) is 76.3 Å². The second-order valence-electron chi connectivity index (χ2n) is 6.04. The van der Waals surface area contributed by atoms with Crippen LogP contribution in [0.4, 0.5) is 0 Å². The van der Waals surface area contributed by atoms with Gasteiger partial charge in [0.05, 0.1) is 5.69 Å². The molecule has 1 fully saturated rings. The lowest BCUT2D eigenvalue weighted by Crippen LogP contribution is -2.29. The molecule has 1 aliphatic carbocycles. The van der Waals surface area contributed by atoms with Crippen LogP contribution in [0.15, 0.2) is 18.6 Å². The van der Waals surface area contributed by atoms with E-state index in [-0.39, 0.29) is 0 Å². The second kappa shape index (κ2) is 9.87. The average Bonchev–Trinajstić information content (AvgIpc) is 2.48. The van der Waals surface area contributed by atoms with E-state index in [1.807, 2.05) is 12.3 Å². The van der Waals surface area contributed by atoms with Crippen molar-refractivity contribution in [2.24, 2.45) is 0 Å². The van der Waals surface area contributed by atoms with Crippen LogP contribution in [-0.4, -0.2) is 16.0 Å². The number of rotatable bonds is 3. The van der Waals surface area contributed by atoms with E-state index in [9.17, 15) is 0 Å². The zero-order valence-electron chi connectivity index (χ0n) is 12.7. The fourth-order valence-corrected chi connectivity index (χ4v) is 3.04.